The fourth-order valence-corrected chi connectivity index (χ4v) is 2.09. The highest BCUT2D eigenvalue weighted by Gasteiger charge is 2.19. The Morgan fingerprint density at radius 3 is 2.75 bits per heavy atom. The van der Waals surface area contributed by atoms with Crippen molar-refractivity contribution in [2.24, 2.45) is 0 Å². The van der Waals surface area contributed by atoms with E-state index >= 15 is 0 Å². The third-order valence-electron chi connectivity index (χ3n) is 2.22. The van der Waals surface area contributed by atoms with Crippen LogP contribution in [0.25, 0.3) is 0 Å². The molecule has 1 unspecified atom stereocenters. The van der Waals surface area contributed by atoms with Gasteiger partial charge in [-0.3, -0.25) is 0 Å². The monoisotopic (exact) mass is 354 g/mol. The molecule has 0 spiro atoms. The van der Waals surface area contributed by atoms with E-state index in [0.29, 0.717) is 17.9 Å². The number of benzene rings is 1. The third-order valence-corrected chi connectivity index (χ3v) is 3.15. The van der Waals surface area contributed by atoms with E-state index < -0.39 is 12.1 Å². The van der Waals surface area contributed by atoms with Gasteiger partial charge >= 0.3 is 5.97 Å². The van der Waals surface area contributed by atoms with Crippen LogP contribution in [0, 0.1) is 3.57 Å². The molecule has 0 radical (unpaired) electrons. The highest BCUT2D eigenvalue weighted by molar-refractivity contribution is 14.1. The number of halogens is 2. The topological polar surface area (TPSA) is 57.5 Å². The lowest BCUT2D eigenvalue weighted by atomic mass is 9.99. The van der Waals surface area contributed by atoms with E-state index in [1.54, 1.807) is 6.07 Å². The second-order valence-corrected chi connectivity index (χ2v) is 5.00. The van der Waals surface area contributed by atoms with Crippen molar-refractivity contribution in [3.05, 3.63) is 32.9 Å². The second-order valence-electron chi connectivity index (χ2n) is 3.38. The molecule has 0 amide bonds. The number of carboxylic acid groups (broad SMARTS) is 1. The van der Waals surface area contributed by atoms with Crippen molar-refractivity contribution >= 4 is 40.2 Å². The van der Waals surface area contributed by atoms with Crippen LogP contribution in [0.1, 0.15) is 23.7 Å². The molecule has 5 heteroatoms. The first kappa shape index (κ1) is 13.7. The molecule has 1 rings (SSSR count). The first-order valence-corrected chi connectivity index (χ1v) is 6.42. The van der Waals surface area contributed by atoms with Gasteiger partial charge in [0, 0.05) is 9.45 Å². The van der Waals surface area contributed by atoms with Crippen molar-refractivity contribution in [1.29, 1.82) is 0 Å². The number of aryl methyl sites for hydroxylation is 1. The number of rotatable bonds is 5. The zero-order valence-electron chi connectivity index (χ0n) is 8.49. The van der Waals surface area contributed by atoms with E-state index in [4.69, 9.17) is 16.7 Å². The quantitative estimate of drug-likeness (QED) is 0.631. The van der Waals surface area contributed by atoms with E-state index in [0.717, 1.165) is 15.6 Å². The predicted octanol–water partition coefficient (Wildman–Crippen LogP) is 2.58. The molecular formula is C11H12ClIO3. The number of hydrogen-bond acceptors (Lipinski definition) is 2. The molecule has 0 saturated carbocycles. The van der Waals surface area contributed by atoms with Gasteiger partial charge in [-0.2, -0.15) is 0 Å². The summed E-state index contributed by atoms with van der Waals surface area (Å²) in [6.45, 7) is 0. The lowest BCUT2D eigenvalue weighted by molar-refractivity contribution is -0.147. The Labute approximate surface area is 113 Å². The molecule has 1 aromatic carbocycles. The highest BCUT2D eigenvalue weighted by atomic mass is 127. The van der Waals surface area contributed by atoms with Crippen LogP contribution < -0.4 is 0 Å². The van der Waals surface area contributed by atoms with Gasteiger partial charge < -0.3 is 10.2 Å². The fourth-order valence-electron chi connectivity index (χ4n) is 1.44. The van der Waals surface area contributed by atoms with Crippen LogP contribution >= 0.6 is 34.2 Å². The Morgan fingerprint density at radius 1 is 1.50 bits per heavy atom. The highest BCUT2D eigenvalue weighted by Crippen LogP contribution is 2.22. The molecule has 0 fully saturated rings. The molecule has 1 aromatic rings. The van der Waals surface area contributed by atoms with Crippen molar-refractivity contribution < 1.29 is 15.0 Å². The molecule has 16 heavy (non-hydrogen) atoms. The summed E-state index contributed by atoms with van der Waals surface area (Å²) < 4.78 is 0.905. The molecule has 1 atom stereocenters. The molecule has 3 nitrogen and oxygen atoms in total. The van der Waals surface area contributed by atoms with Gasteiger partial charge in [0.1, 0.15) is 0 Å². The average molecular weight is 355 g/mol. The third kappa shape index (κ3) is 3.61. The zero-order chi connectivity index (χ0) is 12.1. The lowest BCUT2D eigenvalue weighted by Gasteiger charge is -2.12. The van der Waals surface area contributed by atoms with Crippen LogP contribution in [0.5, 0.6) is 0 Å². The van der Waals surface area contributed by atoms with Crippen molar-refractivity contribution in [2.75, 3.05) is 5.88 Å². The first-order chi connectivity index (χ1) is 7.56. The fraction of sp³-hybridized carbons (Fsp3) is 0.364. The maximum atomic E-state index is 10.8. The van der Waals surface area contributed by atoms with Gasteiger partial charge in [-0.15, -0.1) is 11.6 Å². The van der Waals surface area contributed by atoms with Crippen molar-refractivity contribution in [3.8, 4) is 0 Å². The van der Waals surface area contributed by atoms with Crippen LogP contribution in [0.15, 0.2) is 18.2 Å². The number of carboxylic acids is 1. The molecule has 0 bridgehead atoms. The van der Waals surface area contributed by atoms with Crippen molar-refractivity contribution in [3.63, 3.8) is 0 Å². The van der Waals surface area contributed by atoms with Crippen LogP contribution in [0.2, 0.25) is 0 Å². The number of carbonyl (C=O) groups is 1. The number of aliphatic carboxylic acids is 1. The minimum atomic E-state index is -1.46. The average Bonchev–Trinajstić information content (AvgIpc) is 2.26. The Hall–Kier alpha value is -0.330. The van der Waals surface area contributed by atoms with E-state index in [1.165, 1.54) is 0 Å². The maximum Gasteiger partial charge on any atom is 0.337 e. The van der Waals surface area contributed by atoms with Gasteiger partial charge in [-0.05, 0) is 58.7 Å². The number of alkyl halides is 1. The molecule has 0 saturated heterocycles. The largest absolute Gasteiger partial charge is 0.479 e. The smallest absolute Gasteiger partial charge is 0.337 e. The van der Waals surface area contributed by atoms with E-state index in [1.807, 2.05) is 12.1 Å². The number of aliphatic hydroxyl groups excluding tert-OH is 1. The summed E-state index contributed by atoms with van der Waals surface area (Å²) >= 11 is 7.68. The first-order valence-electron chi connectivity index (χ1n) is 4.81. The minimum Gasteiger partial charge on any atom is -0.479 e. The molecule has 0 aliphatic rings. The summed E-state index contributed by atoms with van der Waals surface area (Å²) in [6.07, 6.45) is -0.0123. The minimum absolute atomic E-state index is 0.463. The Bertz CT molecular complexity index is 381. The molecule has 0 aliphatic heterocycles. The van der Waals surface area contributed by atoms with Gasteiger partial charge in [0.05, 0.1) is 0 Å². The normalized spacial score (nSPS) is 12.4. The summed E-state index contributed by atoms with van der Waals surface area (Å²) in [7, 11) is 0. The van der Waals surface area contributed by atoms with Crippen LogP contribution in [0.3, 0.4) is 0 Å². The molecule has 0 heterocycles. The number of hydrogen-bond donors (Lipinski definition) is 2. The van der Waals surface area contributed by atoms with Crippen LogP contribution in [0.4, 0.5) is 0 Å². The van der Waals surface area contributed by atoms with Gasteiger partial charge in [-0.1, -0.05) is 6.07 Å². The van der Waals surface area contributed by atoms with E-state index in [-0.39, 0.29) is 0 Å². The van der Waals surface area contributed by atoms with E-state index in [9.17, 15) is 9.90 Å². The lowest BCUT2D eigenvalue weighted by Crippen LogP contribution is -2.13. The Morgan fingerprint density at radius 2 is 2.19 bits per heavy atom. The summed E-state index contributed by atoms with van der Waals surface area (Å²) in [4.78, 5) is 10.8. The van der Waals surface area contributed by atoms with Crippen LogP contribution in [-0.4, -0.2) is 22.1 Å². The van der Waals surface area contributed by atoms with Crippen LogP contribution in [-0.2, 0) is 11.2 Å². The standard InChI is InChI=1S/C11H12ClIO3/c12-5-1-2-7-3-4-8(13)6-9(7)10(14)11(15)16/h3-4,6,10,14H,1-2,5H2,(H,15,16). The Kier molecular flexibility index (Phi) is 5.51. The zero-order valence-corrected chi connectivity index (χ0v) is 11.4. The number of aliphatic hydroxyl groups is 1. The summed E-state index contributed by atoms with van der Waals surface area (Å²) in [5.74, 6) is -0.705. The van der Waals surface area contributed by atoms with Gasteiger partial charge in [-0.25, -0.2) is 4.79 Å². The summed E-state index contributed by atoms with van der Waals surface area (Å²) in [5, 5.41) is 18.4. The van der Waals surface area contributed by atoms with Crippen molar-refractivity contribution in [2.45, 2.75) is 18.9 Å². The molecule has 2 N–H and O–H groups in total. The van der Waals surface area contributed by atoms with Gasteiger partial charge in [0.15, 0.2) is 6.10 Å². The summed E-state index contributed by atoms with van der Waals surface area (Å²) in [5.41, 5.74) is 1.31. The second kappa shape index (κ2) is 6.42. The van der Waals surface area contributed by atoms with Gasteiger partial charge in [0.25, 0.3) is 0 Å². The SMILES string of the molecule is O=C(O)C(O)c1cc(I)ccc1CCCCl. The Balaban J connectivity index is 3.02. The van der Waals surface area contributed by atoms with E-state index in [2.05, 4.69) is 22.6 Å². The molecule has 0 aromatic heterocycles. The predicted molar refractivity (Wildman–Crippen MR) is 70.8 cm³/mol. The molecule has 0 aliphatic carbocycles. The maximum absolute atomic E-state index is 10.8. The molecular weight excluding hydrogens is 342 g/mol. The summed E-state index contributed by atoms with van der Waals surface area (Å²) in [6, 6.07) is 5.43. The van der Waals surface area contributed by atoms with Gasteiger partial charge in [0.2, 0.25) is 0 Å². The molecule has 88 valence electrons. The van der Waals surface area contributed by atoms with Crippen molar-refractivity contribution in [1.82, 2.24) is 0 Å².